The van der Waals surface area contributed by atoms with Gasteiger partial charge in [0.05, 0.1) is 42.0 Å². The fourth-order valence-corrected chi connectivity index (χ4v) is 6.62. The van der Waals surface area contributed by atoms with Crippen LogP contribution in [-0.2, 0) is 18.4 Å². The number of carbonyl (C=O) groups is 1. The van der Waals surface area contributed by atoms with Crippen molar-refractivity contribution in [3.05, 3.63) is 65.6 Å². The number of rotatable bonds is 15. The van der Waals surface area contributed by atoms with E-state index in [2.05, 4.69) is 0 Å². The van der Waals surface area contributed by atoms with Crippen LogP contribution in [0.15, 0.2) is 48.5 Å². The van der Waals surface area contributed by atoms with Crippen LogP contribution in [0.1, 0.15) is 70.6 Å². The van der Waals surface area contributed by atoms with Crippen LogP contribution in [0.2, 0.25) is 0 Å². The normalized spacial score (nSPS) is 15.5. The lowest BCUT2D eigenvalue weighted by Gasteiger charge is -2.23. The molecule has 11 heteroatoms. The Hall–Kier alpha value is -3.14. The average molecular weight is 616 g/mol. The van der Waals surface area contributed by atoms with E-state index in [1.165, 1.54) is 18.2 Å². The summed E-state index contributed by atoms with van der Waals surface area (Å²) in [4.78, 5) is 15.9. The Balaban J connectivity index is 1.78. The molecule has 0 bridgehead atoms. The minimum Gasteiger partial charge on any atom is -0.481 e. The van der Waals surface area contributed by atoms with Crippen molar-refractivity contribution < 1.29 is 42.9 Å². The van der Waals surface area contributed by atoms with Crippen LogP contribution in [0.4, 0.5) is 4.39 Å². The lowest BCUT2D eigenvalue weighted by molar-refractivity contribution is -0.139. The summed E-state index contributed by atoms with van der Waals surface area (Å²) in [6, 6.07) is 11.4. The second kappa shape index (κ2) is 14.1. The van der Waals surface area contributed by atoms with Gasteiger partial charge in [-0.05, 0) is 76.4 Å². The number of halogens is 1. The maximum atomic E-state index is 14.0. The number of carboxylic acids is 1. The quantitative estimate of drug-likeness (QED) is 0.156. The van der Waals surface area contributed by atoms with Crippen LogP contribution < -0.4 is 4.74 Å². The van der Waals surface area contributed by atoms with E-state index < -0.39 is 32.2 Å². The lowest BCUT2D eigenvalue weighted by Crippen LogP contribution is -2.19. The fourth-order valence-electron chi connectivity index (χ4n) is 4.86. The molecule has 0 aliphatic heterocycles. The molecule has 1 heterocycles. The first-order valence-corrected chi connectivity index (χ1v) is 16.1. The van der Waals surface area contributed by atoms with Gasteiger partial charge in [0.1, 0.15) is 11.6 Å². The number of aliphatic carboxylic acids is 1. The van der Waals surface area contributed by atoms with Crippen LogP contribution >= 0.6 is 7.60 Å². The van der Waals surface area contributed by atoms with Gasteiger partial charge in [-0.25, -0.2) is 4.39 Å². The number of pyridine rings is 1. The minimum absolute atomic E-state index is 0.149. The van der Waals surface area contributed by atoms with Crippen molar-refractivity contribution in [3.63, 3.8) is 0 Å². The first-order valence-electron chi connectivity index (χ1n) is 14.4. The summed E-state index contributed by atoms with van der Waals surface area (Å²) >= 11 is 0. The summed E-state index contributed by atoms with van der Waals surface area (Å²) in [6.07, 6.45) is 1.22. The number of carboxylic acid groups (broad SMARTS) is 1. The number of aliphatic hydroxyl groups excluding tert-OH is 2. The van der Waals surface area contributed by atoms with Gasteiger partial charge in [-0.15, -0.1) is 0 Å². The predicted molar refractivity (Wildman–Crippen MR) is 163 cm³/mol. The SMILES string of the molecule is CC(C)OP(=O)(COc1ccc2nc(C3CC3)c(C=C[C@@H](O)C[C@@H](O)CC(=O)O)c(-c3ccc(F)cc3)c2c1)OC(C)C. The molecular formula is C32H39FNO8P. The molecule has 43 heavy (non-hydrogen) atoms. The molecule has 0 saturated heterocycles. The number of aromatic nitrogens is 1. The van der Waals surface area contributed by atoms with Gasteiger partial charge < -0.3 is 29.1 Å². The summed E-state index contributed by atoms with van der Waals surface area (Å²) in [7, 11) is -3.57. The van der Waals surface area contributed by atoms with E-state index in [4.69, 9.17) is 23.9 Å². The number of hydrogen-bond donors (Lipinski definition) is 3. The molecule has 0 radical (unpaired) electrons. The van der Waals surface area contributed by atoms with Gasteiger partial charge in [0.2, 0.25) is 0 Å². The third-order valence-corrected chi connectivity index (χ3v) is 8.59. The van der Waals surface area contributed by atoms with E-state index in [-0.39, 0.29) is 36.7 Å². The number of aliphatic hydroxyl groups is 2. The van der Waals surface area contributed by atoms with Crippen molar-refractivity contribution in [2.45, 2.75) is 83.7 Å². The molecular weight excluding hydrogens is 576 g/mol. The Morgan fingerprint density at radius 3 is 2.30 bits per heavy atom. The zero-order valence-corrected chi connectivity index (χ0v) is 25.7. The maximum absolute atomic E-state index is 14.0. The van der Waals surface area contributed by atoms with Gasteiger partial charge in [-0.3, -0.25) is 14.3 Å². The Morgan fingerprint density at radius 2 is 1.72 bits per heavy atom. The summed E-state index contributed by atoms with van der Waals surface area (Å²) in [5, 5.41) is 30.2. The third-order valence-electron chi connectivity index (χ3n) is 6.66. The Labute approximate surface area is 250 Å². The van der Waals surface area contributed by atoms with Crippen LogP contribution in [0.25, 0.3) is 28.1 Å². The summed E-state index contributed by atoms with van der Waals surface area (Å²) in [6.45, 7) is 7.07. The highest BCUT2D eigenvalue weighted by Crippen LogP contribution is 2.51. The topological polar surface area (TPSA) is 135 Å². The van der Waals surface area contributed by atoms with Crippen molar-refractivity contribution in [2.24, 2.45) is 0 Å². The lowest BCUT2D eigenvalue weighted by atomic mass is 9.92. The van der Waals surface area contributed by atoms with Crippen LogP contribution in [0, 0.1) is 5.82 Å². The second-order valence-electron chi connectivity index (χ2n) is 11.4. The summed E-state index contributed by atoms with van der Waals surface area (Å²) in [5.41, 5.74) is 3.69. The van der Waals surface area contributed by atoms with E-state index >= 15 is 0 Å². The molecule has 4 rings (SSSR count). The molecule has 1 aromatic heterocycles. The molecule has 0 amide bonds. The number of benzene rings is 2. The molecule has 1 aliphatic rings. The number of hydrogen-bond acceptors (Lipinski definition) is 8. The Morgan fingerprint density at radius 1 is 1.07 bits per heavy atom. The minimum atomic E-state index is -3.57. The molecule has 2 atom stereocenters. The van der Waals surface area contributed by atoms with Gasteiger partial charge in [0.15, 0.2) is 6.35 Å². The number of ether oxygens (including phenoxy) is 1. The molecule has 9 nitrogen and oxygen atoms in total. The van der Waals surface area contributed by atoms with Crippen molar-refractivity contribution in [1.29, 1.82) is 0 Å². The van der Waals surface area contributed by atoms with Gasteiger partial charge >= 0.3 is 13.6 Å². The summed E-state index contributed by atoms with van der Waals surface area (Å²) < 4.78 is 44.5. The zero-order valence-electron chi connectivity index (χ0n) is 24.8. The monoisotopic (exact) mass is 615 g/mol. The highest BCUT2D eigenvalue weighted by Gasteiger charge is 2.31. The van der Waals surface area contributed by atoms with Crippen molar-refractivity contribution in [1.82, 2.24) is 4.98 Å². The zero-order chi connectivity index (χ0) is 31.3. The molecule has 2 aromatic carbocycles. The predicted octanol–water partition coefficient (Wildman–Crippen LogP) is 6.90. The van der Waals surface area contributed by atoms with Gasteiger partial charge in [-0.1, -0.05) is 24.3 Å². The molecule has 0 unspecified atom stereocenters. The standard InChI is InChI=1S/C32H39FNO8P/c1-19(2)41-43(39,42-20(3)4)18-40-26-12-14-29-28(17-26)31(21-7-9-23(33)10-8-21)27(32(34-29)22-5-6-22)13-11-24(35)15-25(36)16-30(37)38/h7-14,17,19-20,22,24-25,35-36H,5-6,15-16,18H2,1-4H3,(H,37,38)/t24-,25-/m1/s1. The van der Waals surface area contributed by atoms with Gasteiger partial charge in [0, 0.05) is 28.9 Å². The van der Waals surface area contributed by atoms with Crippen LogP contribution in [0.5, 0.6) is 5.75 Å². The smallest absolute Gasteiger partial charge is 0.368 e. The fraction of sp³-hybridized carbons (Fsp3) is 0.438. The molecule has 1 fully saturated rings. The maximum Gasteiger partial charge on any atom is 0.368 e. The summed E-state index contributed by atoms with van der Waals surface area (Å²) in [5.74, 6) is -0.929. The Bertz CT molecular complexity index is 1490. The van der Waals surface area contributed by atoms with E-state index in [1.807, 2.05) is 6.07 Å². The first-order chi connectivity index (χ1) is 20.3. The first kappa shape index (κ1) is 32.8. The van der Waals surface area contributed by atoms with Crippen LogP contribution in [-0.4, -0.2) is 57.0 Å². The highest BCUT2D eigenvalue weighted by molar-refractivity contribution is 7.53. The Kier molecular flexibility index (Phi) is 10.7. The van der Waals surface area contributed by atoms with E-state index in [0.29, 0.717) is 22.2 Å². The largest absolute Gasteiger partial charge is 0.481 e. The second-order valence-corrected chi connectivity index (χ2v) is 13.3. The van der Waals surface area contributed by atoms with Crippen molar-refractivity contribution in [2.75, 3.05) is 6.35 Å². The van der Waals surface area contributed by atoms with Gasteiger partial charge in [0.25, 0.3) is 0 Å². The molecule has 3 aromatic rings. The van der Waals surface area contributed by atoms with E-state index in [9.17, 15) is 24.0 Å². The third kappa shape index (κ3) is 9.17. The van der Waals surface area contributed by atoms with E-state index in [0.717, 1.165) is 29.7 Å². The molecule has 1 saturated carbocycles. The molecule has 0 spiro atoms. The van der Waals surface area contributed by atoms with Crippen molar-refractivity contribution in [3.8, 4) is 16.9 Å². The number of nitrogens with zero attached hydrogens (tertiary/aromatic N) is 1. The number of fused-ring (bicyclic) bond motifs is 1. The molecule has 1 aliphatic carbocycles. The molecule has 3 N–H and O–H groups in total. The van der Waals surface area contributed by atoms with Gasteiger partial charge in [-0.2, -0.15) is 0 Å². The van der Waals surface area contributed by atoms with Crippen molar-refractivity contribution >= 4 is 30.5 Å². The van der Waals surface area contributed by atoms with Crippen LogP contribution in [0.3, 0.4) is 0 Å². The van der Waals surface area contributed by atoms with E-state index in [1.54, 1.807) is 58.0 Å². The highest BCUT2D eigenvalue weighted by atomic mass is 31.2. The average Bonchev–Trinajstić information content (AvgIpc) is 3.75. The molecule has 232 valence electrons.